The van der Waals surface area contributed by atoms with Gasteiger partial charge in [0.25, 0.3) is 0 Å². The molecule has 0 atom stereocenters. The molecule has 0 amide bonds. The number of aromatic amines is 1. The molecule has 31 heavy (non-hydrogen) atoms. The van der Waals surface area contributed by atoms with Crippen molar-refractivity contribution < 1.29 is 22.7 Å². The van der Waals surface area contributed by atoms with Crippen molar-refractivity contribution in [3.05, 3.63) is 89.1 Å². The Morgan fingerprint density at radius 3 is 2.52 bits per heavy atom. The molecule has 0 aliphatic carbocycles. The van der Waals surface area contributed by atoms with Gasteiger partial charge < -0.3 is 9.72 Å². The zero-order valence-electron chi connectivity index (χ0n) is 15.7. The maximum atomic E-state index is 13.3. The molecule has 0 spiro atoms. The summed E-state index contributed by atoms with van der Waals surface area (Å²) in [6.07, 6.45) is -1.63. The van der Waals surface area contributed by atoms with Crippen LogP contribution in [0.2, 0.25) is 5.02 Å². The third-order valence-corrected chi connectivity index (χ3v) is 4.73. The Bertz CT molecular complexity index is 1200. The van der Waals surface area contributed by atoms with E-state index in [4.69, 9.17) is 16.3 Å². The molecule has 0 aliphatic heterocycles. The van der Waals surface area contributed by atoms with E-state index in [0.717, 1.165) is 10.7 Å². The summed E-state index contributed by atoms with van der Waals surface area (Å²) in [5.74, 6) is -0.572. The molecule has 2 heterocycles. The van der Waals surface area contributed by atoms with E-state index >= 15 is 0 Å². The standard InChI is InChI=1S/C21H14ClF3N4O2/c22-16-3-1-2-4-17(16)29-18(9-19(28-29)21(23,24)25)13-5-7-14(8-6-13)20(30)31-11-15-10-26-12-27-15/h1-10,12H,11H2,(H,26,27). The van der Waals surface area contributed by atoms with Gasteiger partial charge in [-0.2, -0.15) is 18.3 Å². The summed E-state index contributed by atoms with van der Waals surface area (Å²) in [6.45, 7) is 0.0226. The minimum atomic E-state index is -4.63. The van der Waals surface area contributed by atoms with Gasteiger partial charge in [0.2, 0.25) is 0 Å². The smallest absolute Gasteiger partial charge is 0.435 e. The Morgan fingerprint density at radius 2 is 1.87 bits per heavy atom. The van der Waals surface area contributed by atoms with Crippen molar-refractivity contribution in [3.8, 4) is 16.9 Å². The predicted octanol–water partition coefficient (Wildman–Crippen LogP) is 5.29. The molecular weight excluding hydrogens is 433 g/mol. The average molecular weight is 447 g/mol. The molecule has 4 aromatic rings. The molecule has 0 radical (unpaired) electrons. The lowest BCUT2D eigenvalue weighted by atomic mass is 10.1. The van der Waals surface area contributed by atoms with E-state index in [1.807, 2.05) is 0 Å². The van der Waals surface area contributed by atoms with Gasteiger partial charge in [-0.25, -0.2) is 14.5 Å². The van der Waals surface area contributed by atoms with E-state index in [-0.39, 0.29) is 22.9 Å². The fourth-order valence-corrected chi connectivity index (χ4v) is 3.12. The Hall–Kier alpha value is -3.59. The van der Waals surface area contributed by atoms with E-state index in [2.05, 4.69) is 15.1 Å². The van der Waals surface area contributed by atoms with Crippen molar-refractivity contribution in [2.45, 2.75) is 12.8 Å². The van der Waals surface area contributed by atoms with Gasteiger partial charge in [-0.3, -0.25) is 0 Å². The second-order valence-electron chi connectivity index (χ2n) is 6.51. The zero-order chi connectivity index (χ0) is 22.0. The van der Waals surface area contributed by atoms with Crippen LogP contribution in [0.15, 0.2) is 67.1 Å². The topological polar surface area (TPSA) is 72.8 Å². The van der Waals surface area contributed by atoms with Gasteiger partial charge in [0, 0.05) is 5.56 Å². The molecule has 0 saturated heterocycles. The van der Waals surface area contributed by atoms with Crippen molar-refractivity contribution in [3.63, 3.8) is 0 Å². The molecule has 1 N–H and O–H groups in total. The highest BCUT2D eigenvalue weighted by Gasteiger charge is 2.35. The number of ether oxygens (including phenoxy) is 1. The third kappa shape index (κ3) is 4.46. The zero-order valence-corrected chi connectivity index (χ0v) is 16.5. The molecule has 0 aliphatic rings. The minimum absolute atomic E-state index is 0.0226. The lowest BCUT2D eigenvalue weighted by molar-refractivity contribution is -0.141. The number of aromatic nitrogens is 4. The second kappa shape index (κ2) is 8.27. The van der Waals surface area contributed by atoms with Gasteiger partial charge >= 0.3 is 12.1 Å². The fourth-order valence-electron chi connectivity index (χ4n) is 2.90. The van der Waals surface area contributed by atoms with Gasteiger partial charge in [0.1, 0.15) is 6.61 Å². The van der Waals surface area contributed by atoms with Crippen LogP contribution in [0.1, 0.15) is 21.7 Å². The molecule has 4 rings (SSSR count). The number of alkyl halides is 3. The number of imidazole rings is 1. The Morgan fingerprint density at radius 1 is 1.13 bits per heavy atom. The fraction of sp³-hybridized carbons (Fsp3) is 0.0952. The summed E-state index contributed by atoms with van der Waals surface area (Å²) < 4.78 is 46.2. The van der Waals surface area contributed by atoms with Crippen molar-refractivity contribution in [1.82, 2.24) is 19.7 Å². The van der Waals surface area contributed by atoms with Crippen molar-refractivity contribution in [2.24, 2.45) is 0 Å². The molecule has 2 aromatic heterocycles. The summed E-state index contributed by atoms with van der Waals surface area (Å²) in [5, 5.41) is 3.96. The van der Waals surface area contributed by atoms with Crippen LogP contribution < -0.4 is 0 Å². The van der Waals surface area contributed by atoms with Crippen LogP contribution in [-0.2, 0) is 17.5 Å². The summed E-state index contributed by atoms with van der Waals surface area (Å²) in [7, 11) is 0. The number of H-pyrrole nitrogens is 1. The number of para-hydroxylation sites is 1. The first kappa shape index (κ1) is 20.7. The highest BCUT2D eigenvalue weighted by molar-refractivity contribution is 6.32. The quantitative estimate of drug-likeness (QED) is 0.423. The molecule has 10 heteroatoms. The molecular formula is C21H14ClF3N4O2. The maximum absolute atomic E-state index is 13.3. The van der Waals surface area contributed by atoms with Crippen LogP contribution in [0.3, 0.4) is 0 Å². The van der Waals surface area contributed by atoms with Gasteiger partial charge in [0.05, 0.1) is 40.2 Å². The molecule has 0 saturated carbocycles. The van der Waals surface area contributed by atoms with Gasteiger partial charge in [0.15, 0.2) is 5.69 Å². The first-order valence-electron chi connectivity index (χ1n) is 9.00. The third-order valence-electron chi connectivity index (χ3n) is 4.41. The lowest BCUT2D eigenvalue weighted by Crippen LogP contribution is -2.07. The van der Waals surface area contributed by atoms with Crippen LogP contribution in [0.5, 0.6) is 0 Å². The van der Waals surface area contributed by atoms with Crippen molar-refractivity contribution in [2.75, 3.05) is 0 Å². The lowest BCUT2D eigenvalue weighted by Gasteiger charge is -2.10. The van der Waals surface area contributed by atoms with Gasteiger partial charge in [-0.1, -0.05) is 35.9 Å². The number of benzene rings is 2. The molecule has 0 bridgehead atoms. The Kier molecular flexibility index (Phi) is 5.51. The van der Waals surface area contributed by atoms with Crippen LogP contribution >= 0.6 is 11.6 Å². The SMILES string of the molecule is O=C(OCc1cnc[nH]1)c1ccc(-c2cc(C(F)(F)F)nn2-c2ccccc2Cl)cc1. The predicted molar refractivity (Wildman–Crippen MR) is 107 cm³/mol. The van der Waals surface area contributed by atoms with Gasteiger partial charge in [-0.05, 0) is 30.3 Å². The second-order valence-corrected chi connectivity index (χ2v) is 6.91. The van der Waals surface area contributed by atoms with Gasteiger partial charge in [-0.15, -0.1) is 0 Å². The summed E-state index contributed by atoms with van der Waals surface area (Å²) in [6, 6.07) is 13.4. The maximum Gasteiger partial charge on any atom is 0.435 e. The number of nitrogens with one attached hydrogen (secondary N) is 1. The summed E-state index contributed by atoms with van der Waals surface area (Å²) >= 11 is 6.18. The first-order valence-corrected chi connectivity index (χ1v) is 9.38. The number of esters is 1. The number of hydrogen-bond donors (Lipinski definition) is 1. The molecule has 6 nitrogen and oxygen atoms in total. The average Bonchev–Trinajstić information content (AvgIpc) is 3.42. The molecule has 0 unspecified atom stereocenters. The molecule has 2 aromatic carbocycles. The monoisotopic (exact) mass is 446 g/mol. The summed E-state index contributed by atoms with van der Waals surface area (Å²) in [5.41, 5.74) is 0.741. The summed E-state index contributed by atoms with van der Waals surface area (Å²) in [4.78, 5) is 18.9. The molecule has 0 fully saturated rings. The Balaban J connectivity index is 1.65. The van der Waals surface area contributed by atoms with Crippen molar-refractivity contribution >= 4 is 17.6 Å². The number of nitrogens with zero attached hydrogens (tertiary/aromatic N) is 3. The van der Waals surface area contributed by atoms with E-state index in [1.165, 1.54) is 36.8 Å². The molecule has 158 valence electrons. The number of carbonyl (C=O) groups excluding carboxylic acids is 1. The normalized spacial score (nSPS) is 11.5. The highest BCUT2D eigenvalue weighted by atomic mass is 35.5. The highest BCUT2D eigenvalue weighted by Crippen LogP contribution is 2.34. The Labute approximate surface area is 179 Å². The van der Waals surface area contributed by atoms with E-state index in [9.17, 15) is 18.0 Å². The van der Waals surface area contributed by atoms with E-state index in [0.29, 0.717) is 16.9 Å². The largest absolute Gasteiger partial charge is 0.456 e. The van der Waals surface area contributed by atoms with E-state index < -0.39 is 17.8 Å². The number of halogens is 4. The first-order chi connectivity index (χ1) is 14.8. The van der Waals surface area contributed by atoms with Crippen molar-refractivity contribution in [1.29, 1.82) is 0 Å². The number of rotatable bonds is 5. The van der Waals surface area contributed by atoms with Crippen LogP contribution in [0, 0.1) is 0 Å². The van der Waals surface area contributed by atoms with Crippen LogP contribution in [-0.4, -0.2) is 25.7 Å². The number of carbonyl (C=O) groups is 1. The van der Waals surface area contributed by atoms with Crippen LogP contribution in [0.4, 0.5) is 13.2 Å². The van der Waals surface area contributed by atoms with Crippen LogP contribution in [0.25, 0.3) is 16.9 Å². The number of hydrogen-bond acceptors (Lipinski definition) is 4. The minimum Gasteiger partial charge on any atom is -0.456 e. The van der Waals surface area contributed by atoms with E-state index in [1.54, 1.807) is 24.3 Å².